The fourth-order valence-corrected chi connectivity index (χ4v) is 3.59. The number of rotatable bonds is 6. The highest BCUT2D eigenvalue weighted by atomic mass is 32.2. The van der Waals surface area contributed by atoms with Gasteiger partial charge in [-0.1, -0.05) is 30.0 Å². The zero-order chi connectivity index (χ0) is 18.3. The number of hydrogen-bond donors (Lipinski definition) is 1. The minimum atomic E-state index is -0.825. The van der Waals surface area contributed by atoms with Crippen LogP contribution in [0.25, 0.3) is 11.2 Å². The predicted octanol–water partition coefficient (Wildman–Crippen LogP) is 3.51. The van der Waals surface area contributed by atoms with Crippen LogP contribution in [0.4, 0.5) is 14.6 Å². The quantitative estimate of drug-likeness (QED) is 0.525. The van der Waals surface area contributed by atoms with E-state index in [-0.39, 0.29) is 12.0 Å². The minimum Gasteiger partial charge on any atom is -0.365 e. The molecule has 1 aliphatic rings. The molecule has 0 bridgehead atoms. The normalized spacial score (nSPS) is 19.1. The van der Waals surface area contributed by atoms with Crippen molar-refractivity contribution >= 4 is 28.7 Å². The molecule has 9 heteroatoms. The second-order valence-corrected chi connectivity index (χ2v) is 7.42. The third-order valence-electron chi connectivity index (χ3n) is 4.35. The fourth-order valence-electron chi connectivity index (χ4n) is 2.89. The topological polar surface area (TPSA) is 68.5 Å². The van der Waals surface area contributed by atoms with Crippen molar-refractivity contribution in [2.45, 2.75) is 36.9 Å². The van der Waals surface area contributed by atoms with Crippen molar-refractivity contribution in [3.63, 3.8) is 0 Å². The van der Waals surface area contributed by atoms with Crippen LogP contribution in [0.3, 0.4) is 0 Å². The summed E-state index contributed by atoms with van der Waals surface area (Å²) in [6.07, 6.45) is 1.85. The maximum atomic E-state index is 13.5. The van der Waals surface area contributed by atoms with Crippen LogP contribution in [-0.4, -0.2) is 36.8 Å². The van der Waals surface area contributed by atoms with E-state index in [1.807, 2.05) is 0 Å². The molecule has 0 saturated heterocycles. The van der Waals surface area contributed by atoms with Crippen molar-refractivity contribution in [1.29, 1.82) is 0 Å². The molecule has 0 amide bonds. The van der Waals surface area contributed by atoms with Gasteiger partial charge in [0.2, 0.25) is 0 Å². The number of hydrogen-bond acceptors (Lipinski definition) is 6. The van der Waals surface area contributed by atoms with Gasteiger partial charge in [-0.25, -0.2) is 23.4 Å². The highest BCUT2D eigenvalue weighted by Crippen LogP contribution is 2.43. The Morgan fingerprint density at radius 3 is 2.88 bits per heavy atom. The van der Waals surface area contributed by atoms with Crippen LogP contribution < -0.4 is 5.32 Å². The van der Waals surface area contributed by atoms with Gasteiger partial charge in [0.05, 0.1) is 0 Å². The number of nitrogens with one attached hydrogen (secondary N) is 1. The van der Waals surface area contributed by atoms with E-state index in [9.17, 15) is 8.78 Å². The van der Waals surface area contributed by atoms with Gasteiger partial charge in [-0.3, -0.25) is 0 Å². The highest BCUT2D eigenvalue weighted by Gasteiger charge is 2.39. The molecule has 2 aromatic heterocycles. The SMILES string of the molecule is CCCSc1nc(N[C@@H]2C[C@H]2c2ccc(F)c(F)c2)c2nnn(C)c2n1. The number of nitrogens with zero attached hydrogens (tertiary/aromatic N) is 5. The largest absolute Gasteiger partial charge is 0.365 e. The first-order valence-corrected chi connectivity index (χ1v) is 9.47. The number of benzene rings is 1. The van der Waals surface area contributed by atoms with Crippen molar-refractivity contribution in [1.82, 2.24) is 25.0 Å². The highest BCUT2D eigenvalue weighted by molar-refractivity contribution is 7.99. The van der Waals surface area contributed by atoms with Gasteiger partial charge >= 0.3 is 0 Å². The summed E-state index contributed by atoms with van der Waals surface area (Å²) in [7, 11) is 1.79. The molecule has 0 spiro atoms. The van der Waals surface area contributed by atoms with Crippen molar-refractivity contribution in [2.75, 3.05) is 11.1 Å². The molecule has 1 N–H and O–H groups in total. The zero-order valence-electron chi connectivity index (χ0n) is 14.4. The maximum absolute atomic E-state index is 13.5. The lowest BCUT2D eigenvalue weighted by Crippen LogP contribution is -2.08. The molecule has 2 heterocycles. The Morgan fingerprint density at radius 2 is 2.12 bits per heavy atom. The first kappa shape index (κ1) is 17.1. The first-order chi connectivity index (χ1) is 12.6. The van der Waals surface area contributed by atoms with Crippen LogP contribution in [0.15, 0.2) is 23.4 Å². The molecule has 0 radical (unpaired) electrons. The Morgan fingerprint density at radius 1 is 1.27 bits per heavy atom. The van der Waals surface area contributed by atoms with Gasteiger partial charge in [0.25, 0.3) is 0 Å². The third kappa shape index (κ3) is 3.23. The molecule has 6 nitrogen and oxygen atoms in total. The number of anilines is 1. The summed E-state index contributed by atoms with van der Waals surface area (Å²) in [6, 6.07) is 4.17. The molecule has 1 aliphatic carbocycles. The van der Waals surface area contributed by atoms with Crippen LogP contribution in [-0.2, 0) is 7.05 Å². The van der Waals surface area contributed by atoms with Crippen molar-refractivity contribution < 1.29 is 8.78 Å². The lowest BCUT2D eigenvalue weighted by atomic mass is 10.1. The van der Waals surface area contributed by atoms with Gasteiger partial charge < -0.3 is 5.32 Å². The Kier molecular flexibility index (Phi) is 4.47. The monoisotopic (exact) mass is 376 g/mol. The van der Waals surface area contributed by atoms with E-state index >= 15 is 0 Å². The minimum absolute atomic E-state index is 0.101. The lowest BCUT2D eigenvalue weighted by molar-refractivity contribution is 0.507. The number of thioether (sulfide) groups is 1. The summed E-state index contributed by atoms with van der Waals surface area (Å²) in [5.41, 5.74) is 2.07. The molecule has 1 aromatic carbocycles. The summed E-state index contributed by atoms with van der Waals surface area (Å²) in [5, 5.41) is 12.2. The smallest absolute Gasteiger partial charge is 0.191 e. The van der Waals surface area contributed by atoms with Gasteiger partial charge in [-0.05, 0) is 30.5 Å². The zero-order valence-corrected chi connectivity index (χ0v) is 15.2. The number of halogens is 2. The van der Waals surface area contributed by atoms with Gasteiger partial charge in [0, 0.05) is 24.8 Å². The van der Waals surface area contributed by atoms with E-state index < -0.39 is 11.6 Å². The first-order valence-electron chi connectivity index (χ1n) is 8.48. The predicted molar refractivity (Wildman–Crippen MR) is 96.2 cm³/mol. The van der Waals surface area contributed by atoms with Crippen LogP contribution in [0.2, 0.25) is 0 Å². The van der Waals surface area contributed by atoms with Gasteiger partial charge in [-0.15, -0.1) is 5.10 Å². The molecule has 4 rings (SSSR count). The van der Waals surface area contributed by atoms with Gasteiger partial charge in [-0.2, -0.15) is 0 Å². The van der Waals surface area contributed by atoms with E-state index in [0.29, 0.717) is 22.1 Å². The van der Waals surface area contributed by atoms with Crippen molar-refractivity contribution in [3.8, 4) is 0 Å². The Labute approximate surface area is 153 Å². The van der Waals surface area contributed by atoms with E-state index in [1.165, 1.54) is 12.1 Å². The molecule has 1 fully saturated rings. The Balaban J connectivity index is 1.58. The average molecular weight is 376 g/mol. The van der Waals surface area contributed by atoms with E-state index in [1.54, 1.807) is 29.6 Å². The van der Waals surface area contributed by atoms with Crippen LogP contribution in [0, 0.1) is 11.6 Å². The molecule has 1 saturated carbocycles. The van der Waals surface area contributed by atoms with Crippen LogP contribution in [0.1, 0.15) is 31.2 Å². The second-order valence-electron chi connectivity index (χ2n) is 6.36. The molecule has 26 heavy (non-hydrogen) atoms. The number of fused-ring (bicyclic) bond motifs is 1. The molecular weight excluding hydrogens is 358 g/mol. The van der Waals surface area contributed by atoms with E-state index in [4.69, 9.17) is 0 Å². The van der Waals surface area contributed by atoms with Crippen molar-refractivity contribution in [3.05, 3.63) is 35.4 Å². The van der Waals surface area contributed by atoms with E-state index in [0.717, 1.165) is 24.2 Å². The number of aryl methyl sites for hydroxylation is 1. The molecule has 2 atom stereocenters. The molecular formula is C17H18F2N6S. The molecule has 136 valence electrons. The fraction of sp³-hybridized carbons (Fsp3) is 0.412. The van der Waals surface area contributed by atoms with Gasteiger partial charge in [0.15, 0.2) is 33.8 Å². The standard InChI is InChI=1S/C17H18F2N6S/c1-3-6-26-17-21-15(14-16(22-17)25(2)24-23-14)20-13-8-10(13)9-4-5-11(18)12(19)7-9/h4-5,7,10,13H,3,6,8H2,1-2H3,(H,20,21,22)/t10-,13+/m0/s1. The Bertz CT molecular complexity index is 960. The summed E-state index contributed by atoms with van der Waals surface area (Å²) < 4.78 is 28.2. The van der Waals surface area contributed by atoms with E-state index in [2.05, 4.69) is 32.5 Å². The lowest BCUT2D eigenvalue weighted by Gasteiger charge is -2.08. The van der Waals surface area contributed by atoms with Crippen LogP contribution in [0.5, 0.6) is 0 Å². The second kappa shape index (κ2) is 6.79. The summed E-state index contributed by atoms with van der Waals surface area (Å²) in [4.78, 5) is 9.10. The van der Waals surface area contributed by atoms with Gasteiger partial charge in [0.1, 0.15) is 0 Å². The summed E-state index contributed by atoms with van der Waals surface area (Å²) in [6.45, 7) is 2.10. The molecule has 0 unspecified atom stereocenters. The Hall–Kier alpha value is -2.29. The molecule has 3 aromatic rings. The third-order valence-corrected chi connectivity index (χ3v) is 5.40. The molecule has 0 aliphatic heterocycles. The number of aromatic nitrogens is 5. The van der Waals surface area contributed by atoms with Crippen molar-refractivity contribution in [2.24, 2.45) is 7.05 Å². The maximum Gasteiger partial charge on any atom is 0.191 e. The average Bonchev–Trinajstić information content (AvgIpc) is 3.29. The van der Waals surface area contributed by atoms with Crippen LogP contribution >= 0.6 is 11.8 Å². The summed E-state index contributed by atoms with van der Waals surface area (Å²) in [5.74, 6) is 0.0468. The summed E-state index contributed by atoms with van der Waals surface area (Å²) >= 11 is 1.59.